The van der Waals surface area contributed by atoms with E-state index in [1.165, 1.54) is 12.4 Å². The molecule has 0 atom stereocenters. The first-order valence-electron chi connectivity index (χ1n) is 8.17. The molecule has 2 aromatic carbocycles. The minimum absolute atomic E-state index is 0.592. The molecule has 0 unspecified atom stereocenters. The molecule has 0 bridgehead atoms. The van der Waals surface area contributed by atoms with Crippen LogP contribution in [0.15, 0.2) is 46.6 Å². The van der Waals surface area contributed by atoms with E-state index in [1.807, 2.05) is 0 Å². The van der Waals surface area contributed by atoms with Crippen LogP contribution in [0.2, 0.25) is 0 Å². The Morgan fingerprint density at radius 1 is 0.750 bits per heavy atom. The van der Waals surface area contributed by atoms with Crippen LogP contribution in [0.25, 0.3) is 0 Å². The van der Waals surface area contributed by atoms with Gasteiger partial charge in [-0.05, 0) is 36.4 Å². The summed E-state index contributed by atoms with van der Waals surface area (Å²) in [4.78, 5) is 11.8. The minimum atomic E-state index is -0.615. The minimum Gasteiger partial charge on any atom is -0.497 e. The maximum Gasteiger partial charge on any atom is 0.355 e. The molecule has 0 aliphatic heterocycles. The van der Waals surface area contributed by atoms with E-state index in [4.69, 9.17) is 18.9 Å². The van der Waals surface area contributed by atoms with Gasteiger partial charge in [0.1, 0.15) is 23.0 Å². The molecular weight excluding hydrogens is 364 g/mol. The first kappa shape index (κ1) is 20.6. The zero-order valence-corrected chi connectivity index (χ0v) is 16.1. The van der Waals surface area contributed by atoms with Crippen LogP contribution in [0, 0.1) is 0 Å². The number of urea groups is 1. The Balaban J connectivity index is 1.96. The number of methoxy groups -OCH3 is 4. The Labute approximate surface area is 162 Å². The number of rotatable bonds is 8. The third-order valence-electron chi connectivity index (χ3n) is 3.61. The van der Waals surface area contributed by atoms with Gasteiger partial charge in [-0.2, -0.15) is 10.2 Å². The average Bonchev–Trinajstić information content (AvgIpc) is 2.73. The van der Waals surface area contributed by atoms with Crippen molar-refractivity contribution in [3.8, 4) is 23.0 Å². The lowest BCUT2D eigenvalue weighted by Crippen LogP contribution is -2.28. The third-order valence-corrected chi connectivity index (χ3v) is 3.61. The van der Waals surface area contributed by atoms with Crippen LogP contribution in [0.4, 0.5) is 4.79 Å². The molecule has 2 N–H and O–H groups in total. The molecule has 0 heterocycles. The van der Waals surface area contributed by atoms with Crippen molar-refractivity contribution in [3.05, 3.63) is 47.5 Å². The average molecular weight is 386 g/mol. The number of hydrogen-bond donors (Lipinski definition) is 2. The topological polar surface area (TPSA) is 103 Å². The van der Waals surface area contributed by atoms with Gasteiger partial charge in [0, 0.05) is 11.1 Å². The Morgan fingerprint density at radius 3 is 1.54 bits per heavy atom. The Kier molecular flexibility index (Phi) is 7.64. The van der Waals surface area contributed by atoms with Crippen molar-refractivity contribution in [1.29, 1.82) is 0 Å². The molecule has 0 aromatic heterocycles. The van der Waals surface area contributed by atoms with E-state index in [0.29, 0.717) is 34.1 Å². The van der Waals surface area contributed by atoms with Gasteiger partial charge in [0.25, 0.3) is 0 Å². The highest BCUT2D eigenvalue weighted by Gasteiger charge is 2.04. The van der Waals surface area contributed by atoms with E-state index in [0.717, 1.165) is 0 Å². The molecule has 0 aliphatic rings. The molecule has 28 heavy (non-hydrogen) atoms. The van der Waals surface area contributed by atoms with Crippen molar-refractivity contribution < 1.29 is 23.7 Å². The molecule has 148 valence electrons. The third kappa shape index (κ3) is 5.63. The monoisotopic (exact) mass is 386 g/mol. The smallest absolute Gasteiger partial charge is 0.355 e. The standard InChI is InChI=1S/C19H22N4O5/c1-25-15-5-7-17(27-3)13(9-15)11-20-22-19(24)23-21-12-14-10-16(26-2)6-8-18(14)28-4/h5-12H,1-4H3,(H2,22,23,24)/b20-11-,21-12-. The highest BCUT2D eigenvalue weighted by atomic mass is 16.5. The molecule has 0 fully saturated rings. The second kappa shape index (κ2) is 10.4. The first-order valence-corrected chi connectivity index (χ1v) is 8.17. The molecule has 0 saturated carbocycles. The van der Waals surface area contributed by atoms with Gasteiger partial charge >= 0.3 is 6.03 Å². The van der Waals surface area contributed by atoms with E-state index < -0.39 is 6.03 Å². The van der Waals surface area contributed by atoms with Crippen molar-refractivity contribution in [2.24, 2.45) is 10.2 Å². The van der Waals surface area contributed by atoms with Crippen molar-refractivity contribution in [1.82, 2.24) is 10.9 Å². The van der Waals surface area contributed by atoms with Crippen molar-refractivity contribution in [2.75, 3.05) is 28.4 Å². The summed E-state index contributed by atoms with van der Waals surface area (Å²) >= 11 is 0. The largest absolute Gasteiger partial charge is 0.497 e. The molecule has 0 spiro atoms. The number of carbonyl (C=O) groups is 1. The first-order chi connectivity index (χ1) is 13.6. The molecule has 2 rings (SSSR count). The summed E-state index contributed by atoms with van der Waals surface area (Å²) in [5.74, 6) is 2.47. The fraction of sp³-hybridized carbons (Fsp3) is 0.211. The van der Waals surface area contributed by atoms with E-state index in [2.05, 4.69) is 21.1 Å². The summed E-state index contributed by atoms with van der Waals surface area (Å²) in [5.41, 5.74) is 5.91. The molecule has 2 amide bonds. The number of nitrogens with one attached hydrogen (secondary N) is 2. The van der Waals surface area contributed by atoms with Gasteiger partial charge in [-0.3, -0.25) is 0 Å². The summed E-state index contributed by atoms with van der Waals surface area (Å²) in [6.07, 6.45) is 2.88. The van der Waals surface area contributed by atoms with Crippen molar-refractivity contribution in [2.45, 2.75) is 0 Å². The number of nitrogens with zero attached hydrogens (tertiary/aromatic N) is 2. The van der Waals surface area contributed by atoms with Crippen molar-refractivity contribution in [3.63, 3.8) is 0 Å². The SMILES string of the molecule is COc1ccc(OC)c(/C=N\NC(=O)N/N=C\c2cc(OC)ccc2OC)c1. The number of ether oxygens (including phenoxy) is 4. The van der Waals surface area contributed by atoms with Crippen LogP contribution in [-0.4, -0.2) is 46.9 Å². The fourth-order valence-electron chi connectivity index (χ4n) is 2.23. The number of hydrazone groups is 2. The Hall–Kier alpha value is -3.75. The van der Waals surface area contributed by atoms with Gasteiger partial charge < -0.3 is 18.9 Å². The highest BCUT2D eigenvalue weighted by Crippen LogP contribution is 2.23. The summed E-state index contributed by atoms with van der Waals surface area (Å²) in [5, 5.41) is 7.74. The maximum atomic E-state index is 11.8. The van der Waals surface area contributed by atoms with Crippen LogP contribution in [0.1, 0.15) is 11.1 Å². The summed E-state index contributed by atoms with van der Waals surface area (Å²) < 4.78 is 20.8. The number of benzene rings is 2. The molecule has 9 nitrogen and oxygen atoms in total. The zero-order chi connectivity index (χ0) is 20.4. The maximum absolute atomic E-state index is 11.8. The number of carbonyl (C=O) groups excluding carboxylic acids is 1. The van der Waals surface area contributed by atoms with Gasteiger partial charge in [-0.25, -0.2) is 15.6 Å². The molecular formula is C19H22N4O5. The zero-order valence-electron chi connectivity index (χ0n) is 16.1. The lowest BCUT2D eigenvalue weighted by atomic mass is 10.2. The summed E-state index contributed by atoms with van der Waals surface area (Å²) in [6.45, 7) is 0. The molecule has 0 saturated heterocycles. The predicted molar refractivity (Wildman–Crippen MR) is 106 cm³/mol. The van der Waals surface area contributed by atoms with Crippen LogP contribution >= 0.6 is 0 Å². The van der Waals surface area contributed by atoms with Gasteiger partial charge in [-0.1, -0.05) is 0 Å². The van der Waals surface area contributed by atoms with Crippen molar-refractivity contribution >= 4 is 18.5 Å². The predicted octanol–water partition coefficient (Wildman–Crippen LogP) is 2.39. The second-order valence-electron chi connectivity index (χ2n) is 5.28. The lowest BCUT2D eigenvalue weighted by Gasteiger charge is -2.07. The van der Waals surface area contributed by atoms with Crippen LogP contribution < -0.4 is 29.8 Å². The van der Waals surface area contributed by atoms with E-state index >= 15 is 0 Å². The van der Waals surface area contributed by atoms with E-state index in [1.54, 1.807) is 64.8 Å². The normalized spacial score (nSPS) is 10.7. The second-order valence-corrected chi connectivity index (χ2v) is 5.28. The van der Waals surface area contributed by atoms with E-state index in [9.17, 15) is 4.79 Å². The molecule has 0 aliphatic carbocycles. The van der Waals surface area contributed by atoms with Gasteiger partial charge in [-0.15, -0.1) is 0 Å². The molecule has 2 aromatic rings. The van der Waals surface area contributed by atoms with Gasteiger partial charge in [0.2, 0.25) is 0 Å². The number of hydrogen-bond acceptors (Lipinski definition) is 7. The Bertz CT molecular complexity index is 798. The van der Waals surface area contributed by atoms with Crippen LogP contribution in [0.3, 0.4) is 0 Å². The quantitative estimate of drug-likeness (QED) is 0.536. The van der Waals surface area contributed by atoms with Crippen LogP contribution in [-0.2, 0) is 0 Å². The molecule has 0 radical (unpaired) electrons. The molecule has 9 heteroatoms. The number of amides is 2. The van der Waals surface area contributed by atoms with Gasteiger partial charge in [0.15, 0.2) is 0 Å². The fourth-order valence-corrected chi connectivity index (χ4v) is 2.23. The van der Waals surface area contributed by atoms with E-state index in [-0.39, 0.29) is 0 Å². The van der Waals surface area contributed by atoms with Crippen LogP contribution in [0.5, 0.6) is 23.0 Å². The summed E-state index contributed by atoms with van der Waals surface area (Å²) in [7, 11) is 6.20. The van der Waals surface area contributed by atoms with Gasteiger partial charge in [0.05, 0.1) is 40.9 Å². The summed E-state index contributed by atoms with van der Waals surface area (Å²) in [6, 6.07) is 9.86. The highest BCUT2D eigenvalue weighted by molar-refractivity contribution is 5.87. The lowest BCUT2D eigenvalue weighted by molar-refractivity contribution is 0.242. The Morgan fingerprint density at radius 2 is 1.18 bits per heavy atom.